The van der Waals surface area contributed by atoms with E-state index in [1.807, 2.05) is 61.6 Å². The van der Waals surface area contributed by atoms with E-state index in [-0.39, 0.29) is 17.5 Å². The highest BCUT2D eigenvalue weighted by Crippen LogP contribution is 2.37. The van der Waals surface area contributed by atoms with Gasteiger partial charge < -0.3 is 14.6 Å². The minimum atomic E-state index is -0.168. The molecule has 0 fully saturated rings. The molecule has 0 aliphatic carbocycles. The molecule has 434 valence electrons. The van der Waals surface area contributed by atoms with Crippen molar-refractivity contribution in [2.24, 2.45) is 9.81 Å². The van der Waals surface area contributed by atoms with Gasteiger partial charge in [-0.25, -0.2) is 4.40 Å². The van der Waals surface area contributed by atoms with Crippen LogP contribution in [0.3, 0.4) is 0 Å². The van der Waals surface area contributed by atoms with Gasteiger partial charge in [-0.2, -0.15) is 0 Å². The van der Waals surface area contributed by atoms with Gasteiger partial charge in [-0.05, 0) is 51.0 Å². The molecule has 0 aromatic rings. The summed E-state index contributed by atoms with van der Waals surface area (Å²) < 4.78 is 14.7. The molecular formula is C63H147NO4S. The van der Waals surface area contributed by atoms with Crippen molar-refractivity contribution < 1.29 is 19.4 Å². The Morgan fingerprint density at radius 2 is 0.783 bits per heavy atom. The molecule has 0 radical (unpaired) electrons. The first-order valence-corrected chi connectivity index (χ1v) is 31.2. The highest BCUT2D eigenvalue weighted by molar-refractivity contribution is 7.97. The molecule has 5 nitrogen and oxygen atoms in total. The van der Waals surface area contributed by atoms with Crippen molar-refractivity contribution in [1.82, 2.24) is 0 Å². The summed E-state index contributed by atoms with van der Waals surface area (Å²) in [4.78, 5) is 11.4. The maximum atomic E-state index is 11.4. The highest BCUT2D eigenvalue weighted by Gasteiger charge is 2.34. The van der Waals surface area contributed by atoms with Crippen LogP contribution in [0.5, 0.6) is 0 Å². The first kappa shape index (κ1) is 101. The summed E-state index contributed by atoms with van der Waals surface area (Å²) in [7, 11) is 2.71. The Kier molecular flexibility index (Phi) is 186. The van der Waals surface area contributed by atoms with Gasteiger partial charge in [0.15, 0.2) is 0 Å². The van der Waals surface area contributed by atoms with Crippen LogP contribution in [0.4, 0.5) is 0 Å². The second-order valence-corrected chi connectivity index (χ2v) is 16.6. The van der Waals surface area contributed by atoms with Crippen LogP contribution in [0.2, 0.25) is 0 Å². The number of hydrogen-bond donors (Lipinski definition) is 1. The number of unbranched alkanes of at least 4 members (excludes halogenated alkanes) is 18. The smallest absolute Gasteiger partial charge is 0.302 e. The molecule has 69 heavy (non-hydrogen) atoms. The standard InChI is InChI=1S/C17H33NO2S.C10H22.C7H16.2C5H12.C4H10O.C4H10.4C2H6.C2H4.CH4O/c1-7-9-10-12-17(5,13-11-14(3)18-21-6)16(8-2)20-15(4)19;1-3-5-7-9-10-8-6-4-2;1-3-5-7-6-4-2;2*1-3-5-4-2;1-3-4-5-2;1-3-4-2;6*1-2/h16H,7-13H2,1-6H3;3-10H2,1-2H3;3-7H2,1-2H3;2*3-5H2,1-2H3;3-4H2,1-2H3;3-4H2,1-2H3;4*1-2H3;1-2H2;2H,1H3/b18-14+;;;;;;;;;;;;. The quantitative estimate of drug-likeness (QED) is 0.0266. The Hall–Kier alpha value is -0.850. The lowest BCUT2D eigenvalue weighted by atomic mass is 9.74. The van der Waals surface area contributed by atoms with Crippen LogP contribution in [0.25, 0.3) is 0 Å². The molecule has 0 amide bonds. The second-order valence-electron chi connectivity index (χ2n) is 16.0. The minimum absolute atomic E-state index is 0.00827. The summed E-state index contributed by atoms with van der Waals surface area (Å²) in [5.41, 5.74) is 1.21. The lowest BCUT2D eigenvalue weighted by molar-refractivity contribution is -0.154. The molecule has 0 rings (SSSR count). The lowest BCUT2D eigenvalue weighted by Crippen LogP contribution is -2.36. The van der Waals surface area contributed by atoms with Gasteiger partial charge in [-0.15, -0.1) is 13.2 Å². The van der Waals surface area contributed by atoms with Gasteiger partial charge in [0.1, 0.15) is 6.10 Å². The molecular weight excluding hydrogens is 867 g/mol. The van der Waals surface area contributed by atoms with E-state index < -0.39 is 0 Å². The number of aliphatic hydroxyl groups is 1. The zero-order valence-electron chi connectivity index (χ0n) is 54.2. The number of esters is 1. The molecule has 0 aromatic carbocycles. The fraction of sp³-hybridized carbons (Fsp3) is 0.937. The summed E-state index contributed by atoms with van der Waals surface area (Å²) >= 11 is 1.51. The first-order valence-electron chi connectivity index (χ1n) is 30.1. The number of carbonyl (C=O) groups is 1. The molecule has 2 atom stereocenters. The number of methoxy groups -OCH3 is 1. The fourth-order valence-electron chi connectivity index (χ4n) is 5.61. The minimum Gasteiger partial charge on any atom is -0.462 e. The third-order valence-electron chi connectivity index (χ3n) is 9.60. The maximum Gasteiger partial charge on any atom is 0.302 e. The van der Waals surface area contributed by atoms with Gasteiger partial charge >= 0.3 is 5.97 Å². The van der Waals surface area contributed by atoms with Crippen LogP contribution in [-0.4, -0.2) is 50.0 Å². The summed E-state index contributed by atoms with van der Waals surface area (Å²) in [6.07, 6.45) is 40.0. The predicted molar refractivity (Wildman–Crippen MR) is 335 cm³/mol. The van der Waals surface area contributed by atoms with Crippen molar-refractivity contribution in [2.75, 3.05) is 27.1 Å². The van der Waals surface area contributed by atoms with Gasteiger partial charge in [-0.1, -0.05) is 306 Å². The van der Waals surface area contributed by atoms with E-state index in [0.717, 1.165) is 45.8 Å². The number of nitrogens with zero attached hydrogens (tertiary/aromatic N) is 1. The average Bonchev–Trinajstić information content (AvgIpc) is 3.39. The van der Waals surface area contributed by atoms with E-state index in [1.165, 1.54) is 179 Å². The molecule has 0 heterocycles. The van der Waals surface area contributed by atoms with Crippen LogP contribution in [0.15, 0.2) is 17.6 Å². The molecule has 0 aliphatic rings. The van der Waals surface area contributed by atoms with E-state index in [0.29, 0.717) is 0 Å². The number of carbonyl (C=O) groups excluding carboxylic acids is 1. The van der Waals surface area contributed by atoms with Crippen molar-refractivity contribution in [3.05, 3.63) is 13.2 Å². The maximum absolute atomic E-state index is 11.4. The van der Waals surface area contributed by atoms with Crippen LogP contribution in [-0.2, 0) is 14.3 Å². The molecule has 0 aliphatic heterocycles. The summed E-state index contributed by atoms with van der Waals surface area (Å²) in [5.74, 6) is -0.168. The van der Waals surface area contributed by atoms with Crippen LogP contribution >= 0.6 is 11.9 Å². The molecule has 6 heteroatoms. The Labute approximate surface area is 449 Å². The molecule has 1 N–H and O–H groups in total. The molecule has 0 saturated heterocycles. The van der Waals surface area contributed by atoms with Gasteiger partial charge in [0.25, 0.3) is 0 Å². The zero-order valence-corrected chi connectivity index (χ0v) is 55.0. The van der Waals surface area contributed by atoms with Gasteiger partial charge in [-0.3, -0.25) is 4.79 Å². The number of ether oxygens (including phenoxy) is 2. The second kappa shape index (κ2) is 127. The van der Waals surface area contributed by atoms with Gasteiger partial charge in [0, 0.05) is 45.1 Å². The van der Waals surface area contributed by atoms with Crippen LogP contribution < -0.4 is 0 Å². The van der Waals surface area contributed by atoms with Crippen molar-refractivity contribution in [3.63, 3.8) is 0 Å². The highest BCUT2D eigenvalue weighted by atomic mass is 32.2. The van der Waals surface area contributed by atoms with Crippen molar-refractivity contribution in [1.29, 1.82) is 0 Å². The molecule has 0 saturated carbocycles. The fourth-order valence-corrected chi connectivity index (χ4v) is 6.01. The van der Waals surface area contributed by atoms with Gasteiger partial charge in [0.2, 0.25) is 0 Å². The lowest BCUT2D eigenvalue weighted by Gasteiger charge is -2.37. The topological polar surface area (TPSA) is 68.1 Å². The van der Waals surface area contributed by atoms with Crippen LogP contribution in [0, 0.1) is 5.41 Å². The number of rotatable bonds is 29. The van der Waals surface area contributed by atoms with Gasteiger partial charge in [0.05, 0.1) is 0 Å². The third-order valence-corrected chi connectivity index (χ3v) is 10.1. The predicted octanol–water partition coefficient (Wildman–Crippen LogP) is 24.3. The Morgan fingerprint density at radius 3 is 0.986 bits per heavy atom. The monoisotopic (exact) mass is 1010 g/mol. The SMILES string of the molecule is C=C.CC.CC.CC.CC.CCCC.CCCCC.CCCCC.CCCCCC(C)(CC/C(C)=N/SC)C(CC)OC(C)=O.CCCCCCC.CCCCCCCCCC.CCCOC.CO. The van der Waals surface area contributed by atoms with E-state index in [4.69, 9.17) is 14.6 Å². The van der Waals surface area contributed by atoms with E-state index in [9.17, 15) is 4.79 Å². The normalized spacial score (nSPS) is 10.2. The zero-order chi connectivity index (χ0) is 57.3. The number of hydrogen-bond acceptors (Lipinski definition) is 6. The molecule has 2 unspecified atom stereocenters. The first-order chi connectivity index (χ1) is 33.4. The van der Waals surface area contributed by atoms with E-state index in [1.54, 1.807) is 7.11 Å². The largest absolute Gasteiger partial charge is 0.462 e. The van der Waals surface area contributed by atoms with Crippen molar-refractivity contribution in [2.45, 2.75) is 358 Å². The number of aliphatic hydroxyl groups excluding tert-OH is 1. The average molecular weight is 1010 g/mol. The Bertz CT molecular complexity index is 658. The van der Waals surface area contributed by atoms with Crippen LogP contribution in [0.1, 0.15) is 352 Å². The molecule has 0 spiro atoms. The van der Waals surface area contributed by atoms with Crippen molar-refractivity contribution in [3.8, 4) is 0 Å². The van der Waals surface area contributed by atoms with E-state index in [2.05, 4.69) is 121 Å². The Morgan fingerprint density at radius 1 is 0.493 bits per heavy atom. The van der Waals surface area contributed by atoms with E-state index >= 15 is 0 Å². The van der Waals surface area contributed by atoms with Crippen molar-refractivity contribution >= 4 is 23.6 Å². The molecule has 0 bridgehead atoms. The third kappa shape index (κ3) is 146. The summed E-state index contributed by atoms with van der Waals surface area (Å²) in [6, 6.07) is 0. The summed E-state index contributed by atoms with van der Waals surface area (Å²) in [5, 5.41) is 7.00. The Balaban J connectivity index is -0.0000000504. The summed E-state index contributed by atoms with van der Waals surface area (Å²) in [6.45, 7) is 57.4. The molecule has 0 aromatic heterocycles.